The molecule has 1 aromatic heterocycles. The summed E-state index contributed by atoms with van der Waals surface area (Å²) in [6.45, 7) is 0. The third-order valence-electron chi connectivity index (χ3n) is 3.04. The van der Waals surface area contributed by atoms with Gasteiger partial charge in [-0.3, -0.25) is 9.89 Å². The third-order valence-corrected chi connectivity index (χ3v) is 3.04. The molecule has 0 aromatic carbocycles. The highest BCUT2D eigenvalue weighted by molar-refractivity contribution is 5.71. The van der Waals surface area contributed by atoms with E-state index in [0.29, 0.717) is 12.8 Å². The quantitative estimate of drug-likeness (QED) is 0.750. The van der Waals surface area contributed by atoms with E-state index in [1.165, 1.54) is 0 Å². The number of aromatic amines is 1. The molecule has 2 atom stereocenters. The first-order chi connectivity index (χ1) is 7.09. The molecule has 82 valence electrons. The highest BCUT2D eigenvalue weighted by Gasteiger charge is 2.33. The lowest BCUT2D eigenvalue weighted by molar-refractivity contribution is -0.142. The van der Waals surface area contributed by atoms with Gasteiger partial charge in [-0.1, -0.05) is 0 Å². The van der Waals surface area contributed by atoms with Crippen molar-refractivity contribution < 1.29 is 9.90 Å². The Morgan fingerprint density at radius 3 is 3.00 bits per heavy atom. The first-order valence-corrected chi connectivity index (χ1v) is 5.01. The van der Waals surface area contributed by atoms with Gasteiger partial charge in [0.05, 0.1) is 12.1 Å². The van der Waals surface area contributed by atoms with Crippen molar-refractivity contribution >= 4 is 5.97 Å². The summed E-state index contributed by atoms with van der Waals surface area (Å²) in [5, 5.41) is 15.9. The number of aromatic nitrogens is 2. The van der Waals surface area contributed by atoms with Gasteiger partial charge in [-0.05, 0) is 20.5 Å². The Bertz CT molecular complexity index is 372. The Kier molecular flexibility index (Phi) is 2.48. The summed E-state index contributed by atoms with van der Waals surface area (Å²) in [5.41, 5.74) is 2.10. The number of H-pyrrole nitrogens is 1. The number of rotatable bonds is 2. The van der Waals surface area contributed by atoms with Crippen LogP contribution in [0.25, 0.3) is 0 Å². The van der Waals surface area contributed by atoms with E-state index in [-0.39, 0.29) is 12.0 Å². The van der Waals surface area contributed by atoms with E-state index in [9.17, 15) is 4.79 Å². The molecule has 15 heavy (non-hydrogen) atoms. The fourth-order valence-electron chi connectivity index (χ4n) is 2.18. The number of fused-ring (bicyclic) bond motifs is 1. The van der Waals surface area contributed by atoms with Gasteiger partial charge in [0.1, 0.15) is 0 Å². The van der Waals surface area contributed by atoms with Gasteiger partial charge in [-0.2, -0.15) is 5.10 Å². The Hall–Kier alpha value is -1.36. The minimum Gasteiger partial charge on any atom is -0.481 e. The van der Waals surface area contributed by atoms with Gasteiger partial charge in [0.15, 0.2) is 0 Å². The Morgan fingerprint density at radius 1 is 1.67 bits per heavy atom. The number of hydrogen-bond acceptors (Lipinski definition) is 3. The number of aliphatic carboxylic acids is 1. The van der Waals surface area contributed by atoms with Crippen molar-refractivity contribution in [2.75, 3.05) is 14.1 Å². The fraction of sp³-hybridized carbons (Fsp3) is 0.600. The maximum atomic E-state index is 11.0. The van der Waals surface area contributed by atoms with Crippen molar-refractivity contribution in [2.45, 2.75) is 18.9 Å². The largest absolute Gasteiger partial charge is 0.481 e. The maximum Gasteiger partial charge on any atom is 0.306 e. The van der Waals surface area contributed by atoms with Gasteiger partial charge >= 0.3 is 5.97 Å². The lowest BCUT2D eigenvalue weighted by Crippen LogP contribution is -2.31. The summed E-state index contributed by atoms with van der Waals surface area (Å²) in [7, 11) is 3.93. The molecule has 2 N–H and O–H groups in total. The van der Waals surface area contributed by atoms with Crippen molar-refractivity contribution in [3.8, 4) is 0 Å². The molecule has 0 amide bonds. The van der Waals surface area contributed by atoms with E-state index < -0.39 is 5.97 Å². The van der Waals surface area contributed by atoms with Crippen LogP contribution in [0.1, 0.15) is 23.7 Å². The van der Waals surface area contributed by atoms with E-state index in [0.717, 1.165) is 11.3 Å². The standard InChI is InChI=1S/C10H15N3O2/c1-13(2)9-4-6(10(14)15)3-8-7(9)5-11-12-8/h5-6,9H,3-4H2,1-2H3,(H,11,12)(H,14,15). The van der Waals surface area contributed by atoms with Crippen LogP contribution >= 0.6 is 0 Å². The van der Waals surface area contributed by atoms with Crippen LogP contribution in [0.15, 0.2) is 6.20 Å². The van der Waals surface area contributed by atoms with E-state index in [4.69, 9.17) is 5.11 Å². The fourth-order valence-corrected chi connectivity index (χ4v) is 2.18. The zero-order chi connectivity index (χ0) is 11.0. The molecule has 0 fully saturated rings. The van der Waals surface area contributed by atoms with Crippen LogP contribution in [0.2, 0.25) is 0 Å². The van der Waals surface area contributed by atoms with Gasteiger partial charge < -0.3 is 10.0 Å². The topological polar surface area (TPSA) is 69.2 Å². The van der Waals surface area contributed by atoms with Crippen LogP contribution in [0.3, 0.4) is 0 Å². The zero-order valence-corrected chi connectivity index (χ0v) is 8.90. The maximum absolute atomic E-state index is 11.0. The van der Waals surface area contributed by atoms with Crippen molar-refractivity contribution in [2.24, 2.45) is 5.92 Å². The van der Waals surface area contributed by atoms with E-state index >= 15 is 0 Å². The molecule has 1 heterocycles. The zero-order valence-electron chi connectivity index (χ0n) is 8.90. The van der Waals surface area contributed by atoms with Gasteiger partial charge in [0, 0.05) is 23.7 Å². The number of carboxylic acids is 1. The van der Waals surface area contributed by atoms with Gasteiger partial charge in [-0.25, -0.2) is 0 Å². The predicted molar refractivity (Wildman–Crippen MR) is 54.5 cm³/mol. The van der Waals surface area contributed by atoms with Crippen LogP contribution in [0, 0.1) is 5.92 Å². The Balaban J connectivity index is 2.31. The molecule has 0 saturated heterocycles. The van der Waals surface area contributed by atoms with Gasteiger partial charge in [0.25, 0.3) is 0 Å². The molecule has 0 saturated carbocycles. The van der Waals surface area contributed by atoms with E-state index in [2.05, 4.69) is 10.2 Å². The molecule has 2 unspecified atom stereocenters. The van der Waals surface area contributed by atoms with Crippen LogP contribution in [-0.2, 0) is 11.2 Å². The molecule has 0 aliphatic heterocycles. The van der Waals surface area contributed by atoms with Gasteiger partial charge in [-0.15, -0.1) is 0 Å². The normalized spacial score (nSPS) is 25.3. The number of nitrogens with one attached hydrogen (secondary N) is 1. The minimum absolute atomic E-state index is 0.161. The smallest absolute Gasteiger partial charge is 0.306 e. The van der Waals surface area contributed by atoms with Crippen molar-refractivity contribution in [1.29, 1.82) is 0 Å². The average molecular weight is 209 g/mol. The summed E-state index contributed by atoms with van der Waals surface area (Å²) in [6, 6.07) is 0.161. The Morgan fingerprint density at radius 2 is 2.40 bits per heavy atom. The molecule has 0 spiro atoms. The SMILES string of the molecule is CN(C)C1CC(C(=O)O)Cc2[nH]ncc21. The molecule has 2 rings (SSSR count). The molecular weight excluding hydrogens is 194 g/mol. The molecule has 0 radical (unpaired) electrons. The summed E-state index contributed by atoms with van der Waals surface area (Å²) >= 11 is 0. The number of carbonyl (C=O) groups is 1. The molecule has 1 aromatic rings. The van der Waals surface area contributed by atoms with E-state index in [1.807, 2.05) is 19.0 Å². The molecule has 1 aliphatic rings. The van der Waals surface area contributed by atoms with Gasteiger partial charge in [0.2, 0.25) is 0 Å². The predicted octanol–water partition coefficient (Wildman–Crippen LogP) is 0.659. The summed E-state index contributed by atoms with van der Waals surface area (Å²) in [5.74, 6) is -1.02. The molecule has 5 nitrogen and oxygen atoms in total. The molecule has 0 bridgehead atoms. The Labute approximate surface area is 88.1 Å². The molecule has 5 heteroatoms. The minimum atomic E-state index is -0.720. The first kappa shape index (κ1) is 10.2. The summed E-state index contributed by atoms with van der Waals surface area (Å²) < 4.78 is 0. The summed E-state index contributed by atoms with van der Waals surface area (Å²) in [6.07, 6.45) is 3.03. The highest BCUT2D eigenvalue weighted by atomic mass is 16.4. The second kappa shape index (κ2) is 3.66. The second-order valence-electron chi connectivity index (χ2n) is 4.26. The van der Waals surface area contributed by atoms with Crippen LogP contribution in [0.5, 0.6) is 0 Å². The number of nitrogens with zero attached hydrogens (tertiary/aromatic N) is 2. The van der Waals surface area contributed by atoms with Crippen LogP contribution < -0.4 is 0 Å². The molecular formula is C10H15N3O2. The first-order valence-electron chi connectivity index (χ1n) is 5.01. The van der Waals surface area contributed by atoms with Crippen molar-refractivity contribution in [3.63, 3.8) is 0 Å². The number of hydrogen-bond donors (Lipinski definition) is 2. The third kappa shape index (κ3) is 1.74. The summed E-state index contributed by atoms with van der Waals surface area (Å²) in [4.78, 5) is 13.0. The van der Waals surface area contributed by atoms with Crippen LogP contribution in [-0.4, -0.2) is 40.3 Å². The monoisotopic (exact) mass is 209 g/mol. The average Bonchev–Trinajstić information content (AvgIpc) is 2.62. The number of carboxylic acid groups (broad SMARTS) is 1. The highest BCUT2D eigenvalue weighted by Crippen LogP contribution is 2.34. The lowest BCUT2D eigenvalue weighted by atomic mass is 9.84. The van der Waals surface area contributed by atoms with Crippen molar-refractivity contribution in [3.05, 3.63) is 17.5 Å². The second-order valence-corrected chi connectivity index (χ2v) is 4.26. The van der Waals surface area contributed by atoms with E-state index in [1.54, 1.807) is 6.20 Å². The lowest BCUT2D eigenvalue weighted by Gasteiger charge is -2.31. The van der Waals surface area contributed by atoms with Crippen LogP contribution in [0.4, 0.5) is 0 Å². The molecule has 1 aliphatic carbocycles. The van der Waals surface area contributed by atoms with Crippen molar-refractivity contribution in [1.82, 2.24) is 15.1 Å².